The van der Waals surface area contributed by atoms with Crippen LogP contribution in [0.15, 0.2) is 24.3 Å². The topological polar surface area (TPSA) is 67.4 Å². The zero-order valence-corrected chi connectivity index (χ0v) is 14.7. The Bertz CT molecular complexity index is 539. The van der Waals surface area contributed by atoms with Crippen LogP contribution in [0.1, 0.15) is 33.3 Å². The number of benzene rings is 1. The standard InChI is InChI=1S/C18H28N2O3/c1-13(2)12-20-17(22)18(3,4)16(21)19-10-9-14-7-6-8-15(11-14)23-5/h6-8,11,13H,9-10,12H2,1-5H3,(H,19,21)(H,20,22). The summed E-state index contributed by atoms with van der Waals surface area (Å²) in [6.07, 6.45) is 0.687. The van der Waals surface area contributed by atoms with E-state index in [1.54, 1.807) is 21.0 Å². The van der Waals surface area contributed by atoms with E-state index in [0.29, 0.717) is 25.4 Å². The van der Waals surface area contributed by atoms with Crippen LogP contribution in [-0.4, -0.2) is 32.0 Å². The van der Waals surface area contributed by atoms with Gasteiger partial charge in [-0.2, -0.15) is 0 Å². The van der Waals surface area contributed by atoms with Crippen LogP contribution < -0.4 is 15.4 Å². The molecule has 0 aromatic heterocycles. The van der Waals surface area contributed by atoms with Gasteiger partial charge in [0.15, 0.2) is 0 Å². The highest BCUT2D eigenvalue weighted by Gasteiger charge is 2.35. The van der Waals surface area contributed by atoms with Crippen LogP contribution in [0.3, 0.4) is 0 Å². The molecule has 0 heterocycles. The third-order valence-corrected chi connectivity index (χ3v) is 3.64. The van der Waals surface area contributed by atoms with E-state index in [-0.39, 0.29) is 11.8 Å². The van der Waals surface area contributed by atoms with Gasteiger partial charge in [0, 0.05) is 13.1 Å². The summed E-state index contributed by atoms with van der Waals surface area (Å²) in [5.41, 5.74) is -0.00443. The molecular formula is C18H28N2O3. The predicted octanol–water partition coefficient (Wildman–Crippen LogP) is 2.15. The second-order valence-corrected chi connectivity index (χ2v) is 6.59. The van der Waals surface area contributed by atoms with E-state index in [4.69, 9.17) is 4.74 Å². The van der Waals surface area contributed by atoms with Gasteiger partial charge in [-0.05, 0) is 43.9 Å². The maximum absolute atomic E-state index is 12.3. The summed E-state index contributed by atoms with van der Waals surface area (Å²) in [5.74, 6) is 0.639. The number of hydrogen-bond acceptors (Lipinski definition) is 3. The summed E-state index contributed by atoms with van der Waals surface area (Å²) in [6, 6.07) is 7.71. The molecule has 0 saturated carbocycles. The van der Waals surface area contributed by atoms with Crippen LogP contribution in [0.25, 0.3) is 0 Å². The second-order valence-electron chi connectivity index (χ2n) is 6.59. The van der Waals surface area contributed by atoms with Crippen molar-refractivity contribution in [2.75, 3.05) is 20.2 Å². The molecule has 1 rings (SSSR count). The quantitative estimate of drug-likeness (QED) is 0.721. The van der Waals surface area contributed by atoms with Crippen molar-refractivity contribution in [2.24, 2.45) is 11.3 Å². The van der Waals surface area contributed by atoms with Crippen LogP contribution in [-0.2, 0) is 16.0 Å². The van der Waals surface area contributed by atoms with Crippen molar-refractivity contribution in [3.63, 3.8) is 0 Å². The summed E-state index contributed by atoms with van der Waals surface area (Å²) >= 11 is 0. The van der Waals surface area contributed by atoms with E-state index >= 15 is 0 Å². The number of ether oxygens (including phenoxy) is 1. The molecule has 128 valence electrons. The molecule has 0 atom stereocenters. The van der Waals surface area contributed by atoms with Crippen molar-refractivity contribution in [1.82, 2.24) is 10.6 Å². The molecule has 0 bridgehead atoms. The Kier molecular flexibility index (Phi) is 7.07. The lowest BCUT2D eigenvalue weighted by molar-refractivity contribution is -0.141. The van der Waals surface area contributed by atoms with E-state index in [0.717, 1.165) is 11.3 Å². The Labute approximate surface area is 138 Å². The Morgan fingerprint density at radius 2 is 1.83 bits per heavy atom. The molecule has 0 saturated heterocycles. The van der Waals surface area contributed by atoms with E-state index < -0.39 is 5.41 Å². The predicted molar refractivity (Wildman–Crippen MR) is 91.3 cm³/mol. The third kappa shape index (κ3) is 5.93. The van der Waals surface area contributed by atoms with Crippen molar-refractivity contribution in [1.29, 1.82) is 0 Å². The first-order valence-corrected chi connectivity index (χ1v) is 7.97. The number of hydrogen-bond donors (Lipinski definition) is 2. The minimum Gasteiger partial charge on any atom is -0.497 e. The third-order valence-electron chi connectivity index (χ3n) is 3.64. The Hall–Kier alpha value is -2.04. The first-order chi connectivity index (χ1) is 10.8. The molecule has 1 aromatic carbocycles. The smallest absolute Gasteiger partial charge is 0.235 e. The van der Waals surface area contributed by atoms with Crippen LogP contribution in [0.5, 0.6) is 5.75 Å². The van der Waals surface area contributed by atoms with E-state index in [2.05, 4.69) is 10.6 Å². The van der Waals surface area contributed by atoms with Gasteiger partial charge in [0.1, 0.15) is 11.2 Å². The zero-order valence-electron chi connectivity index (χ0n) is 14.7. The minimum atomic E-state index is -1.08. The largest absolute Gasteiger partial charge is 0.497 e. The van der Waals surface area contributed by atoms with E-state index in [1.165, 1.54) is 0 Å². The van der Waals surface area contributed by atoms with Gasteiger partial charge in [0.05, 0.1) is 7.11 Å². The normalized spacial score (nSPS) is 11.2. The zero-order chi connectivity index (χ0) is 17.5. The number of methoxy groups -OCH3 is 1. The second kappa shape index (κ2) is 8.56. The molecule has 0 spiro atoms. The molecule has 0 unspecified atom stereocenters. The molecule has 0 radical (unpaired) electrons. The maximum Gasteiger partial charge on any atom is 0.235 e. The van der Waals surface area contributed by atoms with Gasteiger partial charge in [-0.3, -0.25) is 9.59 Å². The molecule has 0 aliphatic rings. The average Bonchev–Trinajstić information content (AvgIpc) is 2.52. The summed E-state index contributed by atoms with van der Waals surface area (Å²) in [6.45, 7) is 8.36. The Balaban J connectivity index is 2.49. The van der Waals surface area contributed by atoms with Crippen LogP contribution in [0.4, 0.5) is 0 Å². The molecule has 2 N–H and O–H groups in total. The van der Waals surface area contributed by atoms with Crippen LogP contribution in [0.2, 0.25) is 0 Å². The van der Waals surface area contributed by atoms with Gasteiger partial charge in [0.2, 0.25) is 11.8 Å². The SMILES string of the molecule is COc1cccc(CCNC(=O)C(C)(C)C(=O)NCC(C)C)c1. The highest BCUT2D eigenvalue weighted by molar-refractivity contribution is 6.04. The molecule has 0 aliphatic heterocycles. The van der Waals surface area contributed by atoms with Crippen molar-refractivity contribution >= 4 is 11.8 Å². The van der Waals surface area contributed by atoms with Crippen molar-refractivity contribution in [3.8, 4) is 5.75 Å². The lowest BCUT2D eigenvalue weighted by atomic mass is 9.90. The summed E-state index contributed by atoms with van der Waals surface area (Å²) in [7, 11) is 1.62. The van der Waals surface area contributed by atoms with Crippen LogP contribution >= 0.6 is 0 Å². The molecule has 5 heteroatoms. The van der Waals surface area contributed by atoms with Gasteiger partial charge < -0.3 is 15.4 Å². The number of carbonyl (C=O) groups is 2. The van der Waals surface area contributed by atoms with Gasteiger partial charge in [0.25, 0.3) is 0 Å². The van der Waals surface area contributed by atoms with Gasteiger partial charge in [-0.25, -0.2) is 0 Å². The van der Waals surface area contributed by atoms with E-state index in [9.17, 15) is 9.59 Å². The summed E-state index contributed by atoms with van der Waals surface area (Å²) in [4.78, 5) is 24.4. The fourth-order valence-corrected chi connectivity index (χ4v) is 1.99. The fourth-order valence-electron chi connectivity index (χ4n) is 1.99. The van der Waals surface area contributed by atoms with Gasteiger partial charge >= 0.3 is 0 Å². The summed E-state index contributed by atoms with van der Waals surface area (Å²) < 4.78 is 5.17. The summed E-state index contributed by atoms with van der Waals surface area (Å²) in [5, 5.41) is 5.65. The molecule has 0 fully saturated rings. The first kappa shape index (κ1) is 19.0. The lowest BCUT2D eigenvalue weighted by Gasteiger charge is -2.23. The Morgan fingerprint density at radius 3 is 2.43 bits per heavy atom. The number of rotatable bonds is 8. The van der Waals surface area contributed by atoms with Crippen molar-refractivity contribution in [3.05, 3.63) is 29.8 Å². The molecule has 5 nitrogen and oxygen atoms in total. The molecular weight excluding hydrogens is 292 g/mol. The maximum atomic E-state index is 12.3. The van der Waals surface area contributed by atoms with Gasteiger partial charge in [-0.15, -0.1) is 0 Å². The lowest BCUT2D eigenvalue weighted by Crippen LogP contribution is -2.48. The van der Waals surface area contributed by atoms with Crippen LogP contribution in [0, 0.1) is 11.3 Å². The number of carbonyl (C=O) groups excluding carboxylic acids is 2. The molecule has 0 aliphatic carbocycles. The minimum absolute atomic E-state index is 0.245. The fraction of sp³-hybridized carbons (Fsp3) is 0.556. The van der Waals surface area contributed by atoms with E-state index in [1.807, 2.05) is 38.1 Å². The van der Waals surface area contributed by atoms with Crippen molar-refractivity contribution < 1.29 is 14.3 Å². The average molecular weight is 320 g/mol. The molecule has 23 heavy (non-hydrogen) atoms. The highest BCUT2D eigenvalue weighted by Crippen LogP contribution is 2.16. The number of amides is 2. The first-order valence-electron chi connectivity index (χ1n) is 7.97. The Morgan fingerprint density at radius 1 is 1.17 bits per heavy atom. The molecule has 1 aromatic rings. The number of nitrogens with one attached hydrogen (secondary N) is 2. The monoisotopic (exact) mass is 320 g/mol. The van der Waals surface area contributed by atoms with Crippen molar-refractivity contribution in [2.45, 2.75) is 34.1 Å². The van der Waals surface area contributed by atoms with Gasteiger partial charge in [-0.1, -0.05) is 26.0 Å². The molecule has 2 amide bonds. The highest BCUT2D eigenvalue weighted by atomic mass is 16.5.